The van der Waals surface area contributed by atoms with Crippen molar-refractivity contribution in [1.82, 2.24) is 10.2 Å². The summed E-state index contributed by atoms with van der Waals surface area (Å²) in [6.07, 6.45) is 1.48. The molecule has 1 rings (SSSR count). The fourth-order valence-corrected chi connectivity index (χ4v) is 1.80. The van der Waals surface area contributed by atoms with E-state index >= 15 is 0 Å². The highest BCUT2D eigenvalue weighted by atomic mass is 16.4. The molecule has 16 heavy (non-hydrogen) atoms. The summed E-state index contributed by atoms with van der Waals surface area (Å²) in [7, 11) is 0. The lowest BCUT2D eigenvalue weighted by Crippen LogP contribution is -2.47. The number of carboxylic acids is 1. The van der Waals surface area contributed by atoms with Crippen LogP contribution < -0.4 is 5.32 Å². The Morgan fingerprint density at radius 2 is 2.25 bits per heavy atom. The summed E-state index contributed by atoms with van der Waals surface area (Å²) in [5.74, 6) is -1.64. The molecule has 2 amide bonds. The molecule has 0 saturated carbocycles. The average Bonchev–Trinajstić information content (AvgIpc) is 2.18. The van der Waals surface area contributed by atoms with Crippen LogP contribution in [0.15, 0.2) is 0 Å². The molecule has 0 bridgehead atoms. The number of rotatable bonds is 4. The van der Waals surface area contributed by atoms with Crippen LogP contribution in [0.5, 0.6) is 0 Å². The van der Waals surface area contributed by atoms with Gasteiger partial charge in [0.15, 0.2) is 0 Å². The van der Waals surface area contributed by atoms with Crippen molar-refractivity contribution in [1.29, 1.82) is 0 Å². The summed E-state index contributed by atoms with van der Waals surface area (Å²) in [6.45, 7) is 1.92. The van der Waals surface area contributed by atoms with Crippen LogP contribution in [0.2, 0.25) is 0 Å². The summed E-state index contributed by atoms with van der Waals surface area (Å²) in [5.41, 5.74) is 0. The van der Waals surface area contributed by atoms with Gasteiger partial charge < -0.3 is 15.3 Å². The van der Waals surface area contributed by atoms with E-state index < -0.39 is 5.97 Å². The van der Waals surface area contributed by atoms with E-state index in [4.69, 9.17) is 5.11 Å². The minimum absolute atomic E-state index is 0.178. The molecule has 0 aromatic rings. The molecule has 0 aromatic carbocycles. The second-order valence-corrected chi connectivity index (χ2v) is 3.93. The molecule has 2 N–H and O–H groups in total. The van der Waals surface area contributed by atoms with Gasteiger partial charge in [-0.25, -0.2) is 0 Å². The Balaban J connectivity index is 2.50. The zero-order chi connectivity index (χ0) is 12.1. The molecule has 1 aliphatic rings. The zero-order valence-electron chi connectivity index (χ0n) is 9.23. The van der Waals surface area contributed by atoms with Crippen molar-refractivity contribution in [2.45, 2.75) is 19.8 Å². The highest BCUT2D eigenvalue weighted by Crippen LogP contribution is 2.17. The summed E-state index contributed by atoms with van der Waals surface area (Å²) in [4.78, 5) is 34.4. The first-order valence-corrected chi connectivity index (χ1v) is 5.25. The van der Waals surface area contributed by atoms with Crippen molar-refractivity contribution in [3.8, 4) is 0 Å². The van der Waals surface area contributed by atoms with Crippen LogP contribution in [0.3, 0.4) is 0 Å². The number of nitrogens with zero attached hydrogens (tertiary/aromatic N) is 1. The SMILES string of the molecule is CC(=O)NCC1CCCN(CC(=O)O)C1=O. The van der Waals surface area contributed by atoms with E-state index in [2.05, 4.69) is 5.32 Å². The van der Waals surface area contributed by atoms with Crippen LogP contribution in [-0.2, 0) is 14.4 Å². The Labute approximate surface area is 93.6 Å². The minimum atomic E-state index is -1.01. The lowest BCUT2D eigenvalue weighted by Gasteiger charge is -2.31. The summed E-state index contributed by atoms with van der Waals surface area (Å²) in [5, 5.41) is 11.2. The average molecular weight is 228 g/mol. The number of hydrogen-bond acceptors (Lipinski definition) is 3. The van der Waals surface area contributed by atoms with Crippen LogP contribution in [0.1, 0.15) is 19.8 Å². The Morgan fingerprint density at radius 3 is 2.81 bits per heavy atom. The largest absolute Gasteiger partial charge is 0.480 e. The van der Waals surface area contributed by atoms with Crippen LogP contribution in [-0.4, -0.2) is 47.4 Å². The molecule has 1 unspecified atom stereocenters. The number of carboxylic acid groups (broad SMARTS) is 1. The van der Waals surface area contributed by atoms with Gasteiger partial charge in [0, 0.05) is 20.0 Å². The van der Waals surface area contributed by atoms with E-state index in [1.807, 2.05) is 0 Å². The van der Waals surface area contributed by atoms with Gasteiger partial charge in [-0.05, 0) is 12.8 Å². The maximum atomic E-state index is 11.8. The van der Waals surface area contributed by atoms with E-state index in [0.29, 0.717) is 19.5 Å². The van der Waals surface area contributed by atoms with Gasteiger partial charge in [0.05, 0.1) is 5.92 Å². The van der Waals surface area contributed by atoms with Gasteiger partial charge in [0.25, 0.3) is 0 Å². The van der Waals surface area contributed by atoms with Crippen molar-refractivity contribution < 1.29 is 19.5 Å². The quantitative estimate of drug-likeness (QED) is 0.675. The minimum Gasteiger partial charge on any atom is -0.480 e. The molecule has 1 atom stereocenters. The zero-order valence-corrected chi connectivity index (χ0v) is 9.23. The number of carbonyl (C=O) groups excluding carboxylic acids is 2. The van der Waals surface area contributed by atoms with E-state index in [-0.39, 0.29) is 24.3 Å². The lowest BCUT2D eigenvalue weighted by molar-refractivity contribution is -0.148. The Morgan fingerprint density at radius 1 is 1.56 bits per heavy atom. The first kappa shape index (κ1) is 12.5. The fourth-order valence-electron chi connectivity index (χ4n) is 1.80. The predicted octanol–water partition coefficient (Wildman–Crippen LogP) is -0.554. The standard InChI is InChI=1S/C10H16N2O4/c1-7(13)11-5-8-3-2-4-12(10(8)16)6-9(14)15/h8H,2-6H2,1H3,(H,11,13)(H,14,15). The number of piperidine rings is 1. The van der Waals surface area contributed by atoms with Crippen molar-refractivity contribution in [3.05, 3.63) is 0 Å². The van der Waals surface area contributed by atoms with Crippen LogP contribution in [0.4, 0.5) is 0 Å². The molecule has 90 valence electrons. The third-order valence-electron chi connectivity index (χ3n) is 2.57. The molecule has 0 spiro atoms. The summed E-state index contributed by atoms with van der Waals surface area (Å²) in [6, 6.07) is 0. The van der Waals surface area contributed by atoms with Crippen molar-refractivity contribution >= 4 is 17.8 Å². The Bertz CT molecular complexity index is 303. The molecule has 0 aliphatic carbocycles. The van der Waals surface area contributed by atoms with E-state index in [1.54, 1.807) is 0 Å². The molecule has 1 heterocycles. The van der Waals surface area contributed by atoms with E-state index in [1.165, 1.54) is 11.8 Å². The van der Waals surface area contributed by atoms with Gasteiger partial charge in [-0.15, -0.1) is 0 Å². The number of hydrogen-bond donors (Lipinski definition) is 2. The van der Waals surface area contributed by atoms with Crippen molar-refractivity contribution in [2.75, 3.05) is 19.6 Å². The molecule has 6 nitrogen and oxygen atoms in total. The predicted molar refractivity (Wildman–Crippen MR) is 55.6 cm³/mol. The smallest absolute Gasteiger partial charge is 0.323 e. The third-order valence-corrected chi connectivity index (χ3v) is 2.57. The molecule has 1 fully saturated rings. The maximum absolute atomic E-state index is 11.8. The monoisotopic (exact) mass is 228 g/mol. The van der Waals surface area contributed by atoms with Gasteiger partial charge in [0.2, 0.25) is 11.8 Å². The van der Waals surface area contributed by atoms with Crippen LogP contribution in [0, 0.1) is 5.92 Å². The Hall–Kier alpha value is -1.59. The maximum Gasteiger partial charge on any atom is 0.323 e. The molecular weight excluding hydrogens is 212 g/mol. The molecule has 1 saturated heterocycles. The molecule has 0 radical (unpaired) electrons. The Kier molecular flexibility index (Phi) is 4.28. The summed E-state index contributed by atoms with van der Waals surface area (Å²) < 4.78 is 0. The number of carbonyl (C=O) groups is 3. The second kappa shape index (κ2) is 5.48. The van der Waals surface area contributed by atoms with Crippen molar-refractivity contribution in [3.63, 3.8) is 0 Å². The number of nitrogens with one attached hydrogen (secondary N) is 1. The number of aliphatic carboxylic acids is 1. The topological polar surface area (TPSA) is 86.7 Å². The van der Waals surface area contributed by atoms with Gasteiger partial charge >= 0.3 is 5.97 Å². The number of amides is 2. The van der Waals surface area contributed by atoms with Crippen LogP contribution in [0.25, 0.3) is 0 Å². The normalized spacial score (nSPS) is 20.7. The van der Waals surface area contributed by atoms with Crippen LogP contribution >= 0.6 is 0 Å². The highest BCUT2D eigenvalue weighted by Gasteiger charge is 2.29. The molecule has 1 aliphatic heterocycles. The number of likely N-dealkylation sites (tertiary alicyclic amines) is 1. The first-order valence-electron chi connectivity index (χ1n) is 5.25. The van der Waals surface area contributed by atoms with Gasteiger partial charge in [-0.3, -0.25) is 14.4 Å². The third kappa shape index (κ3) is 3.52. The van der Waals surface area contributed by atoms with E-state index in [0.717, 1.165) is 6.42 Å². The van der Waals surface area contributed by atoms with Gasteiger partial charge in [-0.2, -0.15) is 0 Å². The molecule has 0 aromatic heterocycles. The lowest BCUT2D eigenvalue weighted by atomic mass is 9.97. The molecule has 6 heteroatoms. The second-order valence-electron chi connectivity index (χ2n) is 3.93. The van der Waals surface area contributed by atoms with E-state index in [9.17, 15) is 14.4 Å². The van der Waals surface area contributed by atoms with Gasteiger partial charge in [0.1, 0.15) is 6.54 Å². The first-order chi connectivity index (χ1) is 7.50. The highest BCUT2D eigenvalue weighted by molar-refractivity contribution is 5.84. The van der Waals surface area contributed by atoms with Gasteiger partial charge in [-0.1, -0.05) is 0 Å². The van der Waals surface area contributed by atoms with Crippen molar-refractivity contribution in [2.24, 2.45) is 5.92 Å². The summed E-state index contributed by atoms with van der Waals surface area (Å²) >= 11 is 0. The molecular formula is C10H16N2O4. The fraction of sp³-hybridized carbons (Fsp3) is 0.700.